The van der Waals surface area contributed by atoms with Gasteiger partial charge >= 0.3 is 0 Å². The third-order valence-electron chi connectivity index (χ3n) is 2.15. The number of nitrogens with one attached hydrogen (secondary N) is 1. The monoisotopic (exact) mass is 230 g/mol. The van der Waals surface area contributed by atoms with Gasteiger partial charge in [-0.15, -0.1) is 5.10 Å². The lowest BCUT2D eigenvalue weighted by Gasteiger charge is -2.08. The molecule has 0 saturated heterocycles. The molecule has 0 radical (unpaired) electrons. The minimum atomic E-state index is -0.390. The van der Waals surface area contributed by atoms with Crippen LogP contribution in [0, 0.1) is 11.3 Å². The quantitative estimate of drug-likeness (QED) is 0.871. The smallest absolute Gasteiger partial charge is 0.141 e. The molecule has 0 amide bonds. The van der Waals surface area contributed by atoms with Crippen LogP contribution < -0.4 is 5.32 Å². The zero-order valence-corrected chi connectivity index (χ0v) is 9.31. The lowest BCUT2D eigenvalue weighted by atomic mass is 10.2. The zero-order chi connectivity index (χ0) is 11.2. The molecule has 0 fully saturated rings. The Morgan fingerprint density at radius 2 is 2.19 bits per heavy atom. The highest BCUT2D eigenvalue weighted by molar-refractivity contribution is 7.03. The number of hydrogen-bond donors (Lipinski definition) is 1. The molecule has 0 aliphatic heterocycles. The molecular formula is C11H10N4S. The van der Waals surface area contributed by atoms with Crippen molar-refractivity contribution in [3.63, 3.8) is 0 Å². The summed E-state index contributed by atoms with van der Waals surface area (Å²) in [5.41, 5.74) is 1.83. The maximum absolute atomic E-state index is 9.00. The molecule has 1 N–H and O–H groups in total. The molecular weight excluding hydrogens is 220 g/mol. The largest absolute Gasteiger partial charge is 0.293 e. The molecule has 1 atom stereocenters. The summed E-state index contributed by atoms with van der Waals surface area (Å²) in [6.45, 7) is 0.649. The second kappa shape index (κ2) is 5.35. The number of nitrogens with zero attached hydrogens (tertiary/aromatic N) is 3. The van der Waals surface area contributed by atoms with Crippen molar-refractivity contribution in [1.82, 2.24) is 14.9 Å². The van der Waals surface area contributed by atoms with Crippen molar-refractivity contribution < 1.29 is 0 Å². The van der Waals surface area contributed by atoms with Crippen molar-refractivity contribution >= 4 is 11.5 Å². The van der Waals surface area contributed by atoms with Gasteiger partial charge in [0.15, 0.2) is 0 Å². The van der Waals surface area contributed by atoms with Crippen LogP contribution in [-0.4, -0.2) is 9.59 Å². The summed E-state index contributed by atoms with van der Waals surface area (Å²) >= 11 is 1.25. The Kier molecular flexibility index (Phi) is 3.59. The van der Waals surface area contributed by atoms with Crippen molar-refractivity contribution in [2.24, 2.45) is 0 Å². The molecule has 1 aromatic heterocycles. The summed E-state index contributed by atoms with van der Waals surface area (Å²) in [5, 5.41) is 17.8. The molecule has 0 saturated carbocycles. The summed E-state index contributed by atoms with van der Waals surface area (Å²) < 4.78 is 3.75. The van der Waals surface area contributed by atoms with E-state index in [1.807, 2.05) is 30.3 Å². The van der Waals surface area contributed by atoms with E-state index < -0.39 is 0 Å². The lowest BCUT2D eigenvalue weighted by Crippen LogP contribution is -2.19. The van der Waals surface area contributed by atoms with Gasteiger partial charge in [-0.2, -0.15) is 5.26 Å². The SMILES string of the molecule is N#CC(NCc1ccccc1)c1csnn1. The number of nitriles is 1. The van der Waals surface area contributed by atoms with Gasteiger partial charge < -0.3 is 0 Å². The van der Waals surface area contributed by atoms with Crippen molar-refractivity contribution in [2.45, 2.75) is 12.6 Å². The van der Waals surface area contributed by atoms with Crippen molar-refractivity contribution in [2.75, 3.05) is 0 Å². The summed E-state index contributed by atoms with van der Waals surface area (Å²) in [7, 11) is 0. The fourth-order valence-electron chi connectivity index (χ4n) is 1.33. The van der Waals surface area contributed by atoms with Crippen LogP contribution in [0.15, 0.2) is 35.7 Å². The van der Waals surface area contributed by atoms with Crippen LogP contribution in [0.3, 0.4) is 0 Å². The molecule has 0 bridgehead atoms. The van der Waals surface area contributed by atoms with Crippen LogP contribution in [0.25, 0.3) is 0 Å². The van der Waals surface area contributed by atoms with Gasteiger partial charge in [-0.05, 0) is 17.1 Å². The number of hydrogen-bond acceptors (Lipinski definition) is 5. The van der Waals surface area contributed by atoms with Gasteiger partial charge in [0.05, 0.1) is 6.07 Å². The Morgan fingerprint density at radius 1 is 1.38 bits per heavy atom. The highest BCUT2D eigenvalue weighted by Gasteiger charge is 2.12. The zero-order valence-electron chi connectivity index (χ0n) is 8.50. The second-order valence-corrected chi connectivity index (χ2v) is 3.87. The number of benzene rings is 1. The van der Waals surface area contributed by atoms with E-state index in [1.165, 1.54) is 11.5 Å². The first-order chi connectivity index (χ1) is 7.90. The fourth-order valence-corrected chi connectivity index (χ4v) is 1.81. The standard InChI is InChI=1S/C11H10N4S/c12-6-10(11-8-16-15-14-11)13-7-9-4-2-1-3-5-9/h1-5,8,10,13H,7H2. The number of rotatable bonds is 4. The maximum Gasteiger partial charge on any atom is 0.141 e. The van der Waals surface area contributed by atoms with Crippen LogP contribution >= 0.6 is 11.5 Å². The predicted molar refractivity (Wildman–Crippen MR) is 61.5 cm³/mol. The Morgan fingerprint density at radius 3 is 2.81 bits per heavy atom. The van der Waals surface area contributed by atoms with Crippen molar-refractivity contribution in [3.05, 3.63) is 47.0 Å². The Hall–Kier alpha value is -1.77. The molecule has 4 nitrogen and oxygen atoms in total. The molecule has 1 aromatic carbocycles. The summed E-state index contributed by atoms with van der Waals surface area (Å²) in [5.74, 6) is 0. The first-order valence-corrected chi connectivity index (χ1v) is 5.67. The first-order valence-electron chi connectivity index (χ1n) is 4.84. The van der Waals surface area contributed by atoms with E-state index in [-0.39, 0.29) is 6.04 Å². The molecule has 1 unspecified atom stereocenters. The van der Waals surface area contributed by atoms with E-state index in [2.05, 4.69) is 21.0 Å². The third kappa shape index (κ3) is 2.63. The van der Waals surface area contributed by atoms with Gasteiger partial charge in [0.2, 0.25) is 0 Å². The molecule has 0 aliphatic carbocycles. The van der Waals surface area contributed by atoms with Gasteiger partial charge in [0.1, 0.15) is 11.7 Å². The third-order valence-corrected chi connectivity index (χ3v) is 2.68. The minimum Gasteiger partial charge on any atom is -0.293 e. The Bertz CT molecular complexity index is 460. The van der Waals surface area contributed by atoms with E-state index in [4.69, 9.17) is 5.26 Å². The highest BCUT2D eigenvalue weighted by Crippen LogP contribution is 2.10. The van der Waals surface area contributed by atoms with E-state index in [0.29, 0.717) is 12.2 Å². The summed E-state index contributed by atoms with van der Waals surface area (Å²) in [4.78, 5) is 0. The predicted octanol–water partition coefficient (Wildman–Crippen LogP) is 1.89. The van der Waals surface area contributed by atoms with Gasteiger partial charge in [-0.3, -0.25) is 5.32 Å². The van der Waals surface area contributed by atoms with Crippen LogP contribution in [0.1, 0.15) is 17.3 Å². The highest BCUT2D eigenvalue weighted by atomic mass is 32.1. The number of aromatic nitrogens is 2. The van der Waals surface area contributed by atoms with Gasteiger partial charge in [0, 0.05) is 11.9 Å². The molecule has 2 aromatic rings. The Labute approximate surface area is 97.7 Å². The molecule has 1 heterocycles. The normalized spacial score (nSPS) is 11.9. The Balaban J connectivity index is 1.97. The van der Waals surface area contributed by atoms with Crippen LogP contribution in [0.2, 0.25) is 0 Å². The van der Waals surface area contributed by atoms with E-state index in [9.17, 15) is 0 Å². The van der Waals surface area contributed by atoms with Crippen molar-refractivity contribution in [1.29, 1.82) is 5.26 Å². The topological polar surface area (TPSA) is 61.6 Å². The minimum absolute atomic E-state index is 0.390. The van der Waals surface area contributed by atoms with E-state index >= 15 is 0 Å². The average molecular weight is 230 g/mol. The van der Waals surface area contributed by atoms with Crippen LogP contribution in [-0.2, 0) is 6.54 Å². The molecule has 0 spiro atoms. The first kappa shape index (κ1) is 10.7. The van der Waals surface area contributed by atoms with Crippen LogP contribution in [0.5, 0.6) is 0 Å². The van der Waals surface area contributed by atoms with Gasteiger partial charge in [0.25, 0.3) is 0 Å². The average Bonchev–Trinajstić information content (AvgIpc) is 2.85. The van der Waals surface area contributed by atoms with E-state index in [1.54, 1.807) is 5.38 Å². The molecule has 5 heteroatoms. The van der Waals surface area contributed by atoms with Crippen molar-refractivity contribution in [3.8, 4) is 6.07 Å². The second-order valence-electron chi connectivity index (χ2n) is 3.26. The fraction of sp³-hybridized carbons (Fsp3) is 0.182. The van der Waals surface area contributed by atoms with Crippen LogP contribution in [0.4, 0.5) is 0 Å². The molecule has 16 heavy (non-hydrogen) atoms. The molecule has 80 valence electrons. The molecule has 0 aliphatic rings. The maximum atomic E-state index is 9.00. The van der Waals surface area contributed by atoms with Gasteiger partial charge in [-0.1, -0.05) is 34.8 Å². The summed E-state index contributed by atoms with van der Waals surface area (Å²) in [6.07, 6.45) is 0. The molecule has 2 rings (SSSR count). The van der Waals surface area contributed by atoms with Gasteiger partial charge in [-0.25, -0.2) is 0 Å². The summed E-state index contributed by atoms with van der Waals surface area (Å²) in [6, 6.07) is 11.7. The van der Waals surface area contributed by atoms with E-state index in [0.717, 1.165) is 5.56 Å². The lowest BCUT2D eigenvalue weighted by molar-refractivity contribution is 0.615.